The Bertz CT molecular complexity index is 523. The average molecular weight is 351 g/mol. The topological polar surface area (TPSA) is 63.3 Å². The lowest BCUT2D eigenvalue weighted by Crippen LogP contribution is -2.50. The Hall–Kier alpha value is -1.83. The van der Waals surface area contributed by atoms with Gasteiger partial charge in [-0.05, 0) is 17.7 Å². The molecule has 0 spiro atoms. The van der Waals surface area contributed by atoms with Crippen LogP contribution in [0, 0.1) is 0 Å². The minimum absolute atomic E-state index is 0.152. The molecule has 0 aliphatic carbocycles. The van der Waals surface area contributed by atoms with Gasteiger partial charge in [-0.2, -0.15) is 0 Å². The zero-order valence-electron chi connectivity index (χ0n) is 15.4. The lowest BCUT2D eigenvalue weighted by molar-refractivity contribution is -0.132. The van der Waals surface area contributed by atoms with Crippen molar-refractivity contribution >= 4 is 5.91 Å². The molecule has 1 aliphatic heterocycles. The highest BCUT2D eigenvalue weighted by molar-refractivity contribution is 5.78. The highest BCUT2D eigenvalue weighted by Crippen LogP contribution is 2.23. The highest BCUT2D eigenvalue weighted by Gasteiger charge is 2.21. The number of piperazine rings is 1. The van der Waals surface area contributed by atoms with Gasteiger partial charge in [-0.25, -0.2) is 0 Å². The molecule has 25 heavy (non-hydrogen) atoms. The van der Waals surface area contributed by atoms with Crippen molar-refractivity contribution in [3.8, 4) is 11.5 Å². The minimum Gasteiger partial charge on any atom is -0.497 e. The number of benzene rings is 1. The number of hydrogen-bond acceptors (Lipinski definition) is 6. The van der Waals surface area contributed by atoms with E-state index in [0.717, 1.165) is 49.8 Å². The second-order valence-electron chi connectivity index (χ2n) is 6.05. The predicted octanol–water partition coefficient (Wildman–Crippen LogP) is 0.584. The molecule has 140 valence electrons. The first-order valence-electron chi connectivity index (χ1n) is 8.58. The van der Waals surface area contributed by atoms with E-state index in [-0.39, 0.29) is 5.91 Å². The van der Waals surface area contributed by atoms with Gasteiger partial charge in [-0.1, -0.05) is 0 Å². The highest BCUT2D eigenvalue weighted by atomic mass is 16.5. The number of nitrogens with zero attached hydrogens (tertiary/aromatic N) is 2. The molecular formula is C18H29N3O4. The molecule has 7 heteroatoms. The van der Waals surface area contributed by atoms with E-state index in [0.29, 0.717) is 19.7 Å². The Kier molecular flexibility index (Phi) is 7.97. The molecule has 0 unspecified atom stereocenters. The van der Waals surface area contributed by atoms with Crippen molar-refractivity contribution in [1.82, 2.24) is 15.1 Å². The van der Waals surface area contributed by atoms with E-state index < -0.39 is 0 Å². The number of methoxy groups -OCH3 is 3. The normalized spacial score (nSPS) is 15.2. The number of nitrogens with one attached hydrogen (secondary N) is 1. The molecule has 1 aromatic carbocycles. The summed E-state index contributed by atoms with van der Waals surface area (Å²) in [7, 11) is 4.97. The summed E-state index contributed by atoms with van der Waals surface area (Å²) in [5.41, 5.74) is 1.15. The third kappa shape index (κ3) is 6.19. The number of amides is 1. The average Bonchev–Trinajstić information content (AvgIpc) is 2.65. The molecular weight excluding hydrogens is 322 g/mol. The standard InChI is InChI=1S/C18H29N3O4/c1-23-9-4-19-13-18(22)21-7-5-20(6-8-21)14-15-10-16(24-2)12-17(11-15)25-3/h10-12,19H,4-9,13-14H2,1-3H3. The van der Waals surface area contributed by atoms with Gasteiger partial charge in [0.15, 0.2) is 0 Å². The predicted molar refractivity (Wildman–Crippen MR) is 96.1 cm³/mol. The maximum Gasteiger partial charge on any atom is 0.236 e. The largest absolute Gasteiger partial charge is 0.497 e. The van der Waals surface area contributed by atoms with Crippen LogP contribution in [0.3, 0.4) is 0 Å². The van der Waals surface area contributed by atoms with Crippen LogP contribution in [-0.2, 0) is 16.1 Å². The van der Waals surface area contributed by atoms with Gasteiger partial charge in [0.1, 0.15) is 11.5 Å². The maximum absolute atomic E-state index is 12.2. The van der Waals surface area contributed by atoms with Gasteiger partial charge in [-0.15, -0.1) is 0 Å². The van der Waals surface area contributed by atoms with Crippen molar-refractivity contribution in [3.63, 3.8) is 0 Å². The van der Waals surface area contributed by atoms with E-state index in [4.69, 9.17) is 14.2 Å². The van der Waals surface area contributed by atoms with Gasteiger partial charge in [0, 0.05) is 52.4 Å². The van der Waals surface area contributed by atoms with E-state index in [1.165, 1.54) is 0 Å². The van der Waals surface area contributed by atoms with E-state index in [1.807, 2.05) is 23.1 Å². The third-order valence-corrected chi connectivity index (χ3v) is 4.30. The van der Waals surface area contributed by atoms with E-state index in [2.05, 4.69) is 10.2 Å². The summed E-state index contributed by atoms with van der Waals surface area (Å²) in [4.78, 5) is 16.4. The van der Waals surface area contributed by atoms with Crippen LogP contribution in [-0.4, -0.2) is 82.9 Å². The van der Waals surface area contributed by atoms with Crippen LogP contribution >= 0.6 is 0 Å². The lowest BCUT2D eigenvalue weighted by atomic mass is 10.1. The summed E-state index contributed by atoms with van der Waals surface area (Å²) >= 11 is 0. The fraction of sp³-hybridized carbons (Fsp3) is 0.611. The van der Waals surface area contributed by atoms with E-state index >= 15 is 0 Å². The van der Waals surface area contributed by atoms with Crippen molar-refractivity contribution in [1.29, 1.82) is 0 Å². The van der Waals surface area contributed by atoms with Crippen LogP contribution < -0.4 is 14.8 Å². The lowest BCUT2D eigenvalue weighted by Gasteiger charge is -2.35. The molecule has 0 bridgehead atoms. The molecule has 1 aromatic rings. The van der Waals surface area contributed by atoms with Gasteiger partial charge >= 0.3 is 0 Å². The number of carbonyl (C=O) groups excluding carboxylic acids is 1. The Labute approximate surface area is 149 Å². The molecule has 7 nitrogen and oxygen atoms in total. The fourth-order valence-electron chi connectivity index (χ4n) is 2.85. The van der Waals surface area contributed by atoms with Crippen LogP contribution in [0.4, 0.5) is 0 Å². The zero-order chi connectivity index (χ0) is 18.1. The first-order valence-corrected chi connectivity index (χ1v) is 8.58. The smallest absolute Gasteiger partial charge is 0.236 e. The molecule has 2 rings (SSSR count). The molecule has 1 fully saturated rings. The van der Waals surface area contributed by atoms with Gasteiger partial charge in [0.05, 0.1) is 27.4 Å². The zero-order valence-corrected chi connectivity index (χ0v) is 15.4. The Morgan fingerprint density at radius 1 is 1.04 bits per heavy atom. The Morgan fingerprint density at radius 3 is 2.24 bits per heavy atom. The van der Waals surface area contributed by atoms with Crippen molar-refractivity contribution in [2.45, 2.75) is 6.54 Å². The first kappa shape index (κ1) is 19.5. The fourth-order valence-corrected chi connectivity index (χ4v) is 2.85. The molecule has 1 N–H and O–H groups in total. The first-order chi connectivity index (χ1) is 12.2. The summed E-state index contributed by atoms with van der Waals surface area (Å²) in [5.74, 6) is 1.74. The van der Waals surface area contributed by atoms with Crippen LogP contribution in [0.15, 0.2) is 18.2 Å². The summed E-state index contributed by atoms with van der Waals surface area (Å²) in [6.07, 6.45) is 0. The quantitative estimate of drug-likeness (QED) is 0.657. The minimum atomic E-state index is 0.152. The van der Waals surface area contributed by atoms with Gasteiger partial charge in [0.25, 0.3) is 0 Å². The maximum atomic E-state index is 12.2. The van der Waals surface area contributed by atoms with Crippen LogP contribution in [0.5, 0.6) is 11.5 Å². The van der Waals surface area contributed by atoms with Crippen molar-refractivity contribution in [3.05, 3.63) is 23.8 Å². The van der Waals surface area contributed by atoms with E-state index in [9.17, 15) is 4.79 Å². The van der Waals surface area contributed by atoms with Crippen LogP contribution in [0.25, 0.3) is 0 Å². The molecule has 1 amide bonds. The second-order valence-corrected chi connectivity index (χ2v) is 6.05. The molecule has 1 saturated heterocycles. The van der Waals surface area contributed by atoms with Crippen molar-refractivity contribution < 1.29 is 19.0 Å². The molecule has 0 radical (unpaired) electrons. The molecule has 0 atom stereocenters. The third-order valence-electron chi connectivity index (χ3n) is 4.30. The van der Waals surface area contributed by atoms with Gasteiger partial charge < -0.3 is 24.4 Å². The van der Waals surface area contributed by atoms with Gasteiger partial charge in [0.2, 0.25) is 5.91 Å². The second kappa shape index (κ2) is 10.2. The summed E-state index contributed by atoms with van der Waals surface area (Å²) in [6.45, 7) is 5.74. The Balaban J connectivity index is 1.79. The molecule has 0 saturated carbocycles. The van der Waals surface area contributed by atoms with Crippen LogP contribution in [0.1, 0.15) is 5.56 Å². The number of rotatable bonds is 9. The van der Waals surface area contributed by atoms with Gasteiger partial charge in [-0.3, -0.25) is 9.69 Å². The van der Waals surface area contributed by atoms with E-state index in [1.54, 1.807) is 21.3 Å². The SMILES string of the molecule is COCCNCC(=O)N1CCN(Cc2cc(OC)cc(OC)c2)CC1. The Morgan fingerprint density at radius 2 is 1.68 bits per heavy atom. The summed E-state index contributed by atoms with van der Waals surface area (Å²) < 4.78 is 15.6. The summed E-state index contributed by atoms with van der Waals surface area (Å²) in [6, 6.07) is 5.93. The molecule has 1 heterocycles. The number of ether oxygens (including phenoxy) is 3. The summed E-state index contributed by atoms with van der Waals surface area (Å²) in [5, 5.41) is 3.10. The number of carbonyl (C=O) groups is 1. The van der Waals surface area contributed by atoms with Crippen LogP contribution in [0.2, 0.25) is 0 Å². The molecule has 1 aliphatic rings. The number of hydrogen-bond donors (Lipinski definition) is 1. The van der Waals surface area contributed by atoms with Crippen molar-refractivity contribution in [2.24, 2.45) is 0 Å². The molecule has 0 aromatic heterocycles. The van der Waals surface area contributed by atoms with Crippen molar-refractivity contribution in [2.75, 3.05) is 67.2 Å². The monoisotopic (exact) mass is 351 g/mol.